The van der Waals surface area contributed by atoms with Crippen LogP contribution in [0.1, 0.15) is 41.4 Å². The van der Waals surface area contributed by atoms with Crippen molar-refractivity contribution in [3.63, 3.8) is 0 Å². The maximum Gasteiger partial charge on any atom is 0.275 e. The van der Waals surface area contributed by atoms with Crippen LogP contribution >= 0.6 is 0 Å². The van der Waals surface area contributed by atoms with Crippen molar-refractivity contribution in [2.75, 3.05) is 6.73 Å². The zero-order valence-corrected chi connectivity index (χ0v) is 12.7. The summed E-state index contributed by atoms with van der Waals surface area (Å²) in [5, 5.41) is 9.70. The summed E-state index contributed by atoms with van der Waals surface area (Å²) in [5.41, 5.74) is 1.99. The van der Waals surface area contributed by atoms with Crippen LogP contribution in [0.3, 0.4) is 0 Å². The molecule has 4 rings (SSSR count). The average molecular weight is 337 g/mol. The van der Waals surface area contributed by atoms with E-state index in [4.69, 9.17) is 10.9 Å². The molecule has 0 saturated heterocycles. The summed E-state index contributed by atoms with van der Waals surface area (Å²) >= 11 is 0. The number of nitrogens with zero attached hydrogens (tertiary/aromatic N) is 2. The van der Waals surface area contributed by atoms with Crippen LogP contribution in [0, 0.1) is 0 Å². The van der Waals surface area contributed by atoms with Crippen LogP contribution in [-0.2, 0) is 0 Å². The lowest BCUT2D eigenvalue weighted by atomic mass is 9.97. The molecular weight excluding hydrogens is 326 g/mol. The van der Waals surface area contributed by atoms with Crippen LogP contribution in [0.25, 0.3) is 11.1 Å². The lowest BCUT2D eigenvalue weighted by molar-refractivity contribution is 0.0488. The van der Waals surface area contributed by atoms with E-state index in [0.717, 1.165) is 4.90 Å². The molecule has 0 aromatic heterocycles. The van der Waals surface area contributed by atoms with E-state index in [1.54, 1.807) is 12.1 Å². The van der Waals surface area contributed by atoms with Gasteiger partial charge in [-0.3, -0.25) is 24.1 Å². The van der Waals surface area contributed by atoms with E-state index in [1.807, 2.05) is 0 Å². The Kier molecular flexibility index (Phi) is 3.08. The minimum absolute atomic E-state index is 0.180. The van der Waals surface area contributed by atoms with Gasteiger partial charge in [0.25, 0.3) is 23.6 Å². The highest BCUT2D eigenvalue weighted by Gasteiger charge is 2.36. The van der Waals surface area contributed by atoms with Crippen molar-refractivity contribution in [3.8, 4) is 11.1 Å². The summed E-state index contributed by atoms with van der Waals surface area (Å²) in [4.78, 5) is 48.7. The number of hydrogen-bond acceptors (Lipinski definition) is 6. The summed E-state index contributed by atoms with van der Waals surface area (Å²) in [5.74, 6) is 3.12. The lowest BCUT2D eigenvalue weighted by Gasteiger charge is -2.07. The van der Waals surface area contributed by atoms with Crippen molar-refractivity contribution in [1.82, 2.24) is 9.91 Å². The van der Waals surface area contributed by atoms with Gasteiger partial charge in [-0.25, -0.2) is 10.9 Å². The molecule has 8 heteroatoms. The van der Waals surface area contributed by atoms with E-state index in [2.05, 4.69) is 0 Å². The molecule has 2 aromatic rings. The highest BCUT2D eigenvalue weighted by Crippen LogP contribution is 2.31. The molecule has 0 atom stereocenters. The van der Waals surface area contributed by atoms with Crippen LogP contribution in [0.5, 0.6) is 0 Å². The Morgan fingerprint density at radius 1 is 0.720 bits per heavy atom. The molecular formula is C17H11N3O5. The smallest absolute Gasteiger partial charge is 0.275 e. The van der Waals surface area contributed by atoms with E-state index in [1.165, 1.54) is 24.3 Å². The zero-order valence-electron chi connectivity index (χ0n) is 12.7. The number of aliphatic hydroxyl groups is 1. The molecule has 2 aliphatic rings. The third-order valence-electron chi connectivity index (χ3n) is 4.36. The van der Waals surface area contributed by atoms with E-state index in [9.17, 15) is 19.2 Å². The topological polar surface area (TPSA) is 121 Å². The fourth-order valence-electron chi connectivity index (χ4n) is 3.04. The van der Waals surface area contributed by atoms with Gasteiger partial charge in [-0.15, -0.1) is 0 Å². The molecule has 2 aliphatic heterocycles. The molecule has 0 radical (unpaired) electrons. The number of imide groups is 2. The number of amides is 4. The van der Waals surface area contributed by atoms with Gasteiger partial charge in [0.2, 0.25) is 0 Å². The second kappa shape index (κ2) is 5.07. The quantitative estimate of drug-likeness (QED) is 0.464. The normalized spacial score (nSPS) is 15.9. The van der Waals surface area contributed by atoms with Gasteiger partial charge in [-0.05, 0) is 35.4 Å². The van der Waals surface area contributed by atoms with Crippen LogP contribution in [-0.4, -0.2) is 45.4 Å². The fraction of sp³-hybridized carbons (Fsp3) is 0.0588. The molecule has 0 unspecified atom stereocenters. The first kappa shape index (κ1) is 15.2. The van der Waals surface area contributed by atoms with Crippen molar-refractivity contribution in [1.29, 1.82) is 0 Å². The van der Waals surface area contributed by atoms with Crippen LogP contribution < -0.4 is 5.84 Å². The predicted molar refractivity (Wildman–Crippen MR) is 84.2 cm³/mol. The Hall–Kier alpha value is -3.36. The first-order valence-corrected chi connectivity index (χ1v) is 7.33. The zero-order chi connectivity index (χ0) is 17.9. The van der Waals surface area contributed by atoms with Crippen molar-refractivity contribution in [2.24, 2.45) is 5.84 Å². The maximum atomic E-state index is 12.2. The van der Waals surface area contributed by atoms with Crippen LogP contribution in [0.15, 0.2) is 36.4 Å². The Morgan fingerprint density at radius 2 is 1.16 bits per heavy atom. The summed E-state index contributed by atoms with van der Waals surface area (Å²) in [6, 6.07) is 9.31. The molecule has 0 saturated carbocycles. The molecule has 2 aromatic carbocycles. The summed E-state index contributed by atoms with van der Waals surface area (Å²) < 4.78 is 0. The van der Waals surface area contributed by atoms with E-state index < -0.39 is 30.4 Å². The fourth-order valence-corrected chi connectivity index (χ4v) is 3.04. The maximum absolute atomic E-state index is 12.2. The molecule has 0 spiro atoms. The van der Waals surface area contributed by atoms with Gasteiger partial charge in [0.05, 0.1) is 22.3 Å². The highest BCUT2D eigenvalue weighted by molar-refractivity contribution is 6.22. The van der Waals surface area contributed by atoms with Gasteiger partial charge in [-0.1, -0.05) is 12.1 Å². The molecule has 2 heterocycles. The first-order chi connectivity index (χ1) is 11.9. The van der Waals surface area contributed by atoms with Crippen molar-refractivity contribution in [2.45, 2.75) is 0 Å². The number of rotatable bonds is 2. The largest absolute Gasteiger partial charge is 0.376 e. The average Bonchev–Trinajstić information content (AvgIpc) is 3.00. The number of aliphatic hydroxyl groups excluding tert-OH is 1. The lowest BCUT2D eigenvalue weighted by Crippen LogP contribution is -2.36. The molecule has 0 fully saturated rings. The number of benzene rings is 2. The minimum Gasteiger partial charge on any atom is -0.376 e. The molecule has 0 bridgehead atoms. The Balaban J connectivity index is 1.80. The number of fused-ring (bicyclic) bond motifs is 2. The van der Waals surface area contributed by atoms with E-state index >= 15 is 0 Å². The third kappa shape index (κ3) is 1.95. The predicted octanol–water partition coefficient (Wildman–Crippen LogP) is 0.369. The minimum atomic E-state index is -0.691. The third-order valence-corrected chi connectivity index (χ3v) is 4.36. The van der Waals surface area contributed by atoms with Crippen LogP contribution in [0.4, 0.5) is 0 Å². The molecule has 3 N–H and O–H groups in total. The molecule has 0 aliphatic carbocycles. The van der Waals surface area contributed by atoms with Gasteiger partial charge in [0.1, 0.15) is 6.73 Å². The van der Waals surface area contributed by atoms with E-state index in [-0.39, 0.29) is 22.3 Å². The SMILES string of the molecule is NN1C(=O)c2ccc(-c3ccc4c(c3)C(=O)N(CO)C4=O)cc2C1=O. The summed E-state index contributed by atoms with van der Waals surface area (Å²) in [6.45, 7) is -0.691. The van der Waals surface area contributed by atoms with Crippen molar-refractivity contribution < 1.29 is 24.3 Å². The second-order valence-electron chi connectivity index (χ2n) is 5.68. The Labute approximate surface area is 141 Å². The van der Waals surface area contributed by atoms with Crippen LogP contribution in [0.2, 0.25) is 0 Å². The molecule has 8 nitrogen and oxygen atoms in total. The van der Waals surface area contributed by atoms with Crippen molar-refractivity contribution >= 4 is 23.6 Å². The molecule has 4 amide bonds. The van der Waals surface area contributed by atoms with Gasteiger partial charge >= 0.3 is 0 Å². The standard InChI is InChI=1S/C17H11N3O5/c18-20-16(24)11-4-2-9(6-13(11)17(20)25)8-1-3-10-12(5-8)15(23)19(7-21)14(10)22/h1-6,21H,7,18H2. The monoisotopic (exact) mass is 337 g/mol. The second-order valence-corrected chi connectivity index (χ2v) is 5.68. The number of carbonyl (C=O) groups is 4. The molecule has 124 valence electrons. The number of carbonyl (C=O) groups excluding carboxylic acids is 4. The van der Waals surface area contributed by atoms with Gasteiger partial charge < -0.3 is 5.11 Å². The summed E-state index contributed by atoms with van der Waals surface area (Å²) in [6.07, 6.45) is 0. The Morgan fingerprint density at radius 3 is 1.72 bits per heavy atom. The Bertz CT molecular complexity index is 998. The highest BCUT2D eigenvalue weighted by atomic mass is 16.3. The van der Waals surface area contributed by atoms with Gasteiger partial charge in [0, 0.05) is 0 Å². The number of hydrazine groups is 1. The first-order valence-electron chi connectivity index (χ1n) is 7.33. The van der Waals surface area contributed by atoms with Crippen molar-refractivity contribution in [3.05, 3.63) is 58.7 Å². The van der Waals surface area contributed by atoms with E-state index in [0.29, 0.717) is 16.1 Å². The number of nitrogens with two attached hydrogens (primary N) is 1. The summed E-state index contributed by atoms with van der Waals surface area (Å²) in [7, 11) is 0. The van der Waals surface area contributed by atoms with Gasteiger partial charge in [-0.2, -0.15) is 0 Å². The number of hydrogen-bond donors (Lipinski definition) is 2. The molecule has 25 heavy (non-hydrogen) atoms. The van der Waals surface area contributed by atoms with Gasteiger partial charge in [0.15, 0.2) is 0 Å².